The van der Waals surface area contributed by atoms with E-state index in [0.717, 1.165) is 23.8 Å². The summed E-state index contributed by atoms with van der Waals surface area (Å²) < 4.78 is 5.40. The van der Waals surface area contributed by atoms with E-state index >= 15 is 0 Å². The fraction of sp³-hybridized carbons (Fsp3) is 0.529. The van der Waals surface area contributed by atoms with Crippen LogP contribution in [0.25, 0.3) is 0 Å². The molecule has 0 bridgehead atoms. The van der Waals surface area contributed by atoms with E-state index in [-0.39, 0.29) is 5.92 Å². The SMILES string of the molecule is Cc1ccccc1[C@@H]1CCN(C(=O)OC(C)(C)C)[C@H]1C=O. The van der Waals surface area contributed by atoms with Gasteiger partial charge in [-0.05, 0) is 45.2 Å². The van der Waals surface area contributed by atoms with E-state index in [0.29, 0.717) is 6.54 Å². The van der Waals surface area contributed by atoms with Crippen LogP contribution in [0, 0.1) is 6.92 Å². The van der Waals surface area contributed by atoms with Crippen molar-refractivity contribution in [3.05, 3.63) is 35.4 Å². The Morgan fingerprint density at radius 1 is 1.33 bits per heavy atom. The quantitative estimate of drug-likeness (QED) is 0.785. The van der Waals surface area contributed by atoms with Gasteiger partial charge >= 0.3 is 6.09 Å². The van der Waals surface area contributed by atoms with Crippen LogP contribution >= 0.6 is 0 Å². The lowest BCUT2D eigenvalue weighted by Crippen LogP contribution is -2.41. The predicted octanol–water partition coefficient (Wildman–Crippen LogP) is 3.29. The van der Waals surface area contributed by atoms with E-state index in [2.05, 4.69) is 0 Å². The minimum atomic E-state index is -0.550. The third-order valence-electron chi connectivity index (χ3n) is 3.81. The van der Waals surface area contributed by atoms with Crippen LogP contribution in [0.1, 0.15) is 44.2 Å². The van der Waals surface area contributed by atoms with Gasteiger partial charge in [0.25, 0.3) is 0 Å². The first-order valence-corrected chi connectivity index (χ1v) is 7.34. The van der Waals surface area contributed by atoms with E-state index in [9.17, 15) is 9.59 Å². The van der Waals surface area contributed by atoms with Crippen molar-refractivity contribution in [2.45, 2.75) is 51.7 Å². The second-order valence-corrected chi connectivity index (χ2v) is 6.55. The maximum absolute atomic E-state index is 12.2. The van der Waals surface area contributed by atoms with E-state index in [1.807, 2.05) is 52.0 Å². The number of aldehydes is 1. The number of aryl methyl sites for hydroxylation is 1. The Hall–Kier alpha value is -1.84. The Balaban J connectivity index is 2.20. The normalized spacial score (nSPS) is 22.2. The number of ether oxygens (including phenoxy) is 1. The maximum atomic E-state index is 12.2. The van der Waals surface area contributed by atoms with Gasteiger partial charge in [-0.1, -0.05) is 24.3 Å². The fourth-order valence-electron chi connectivity index (χ4n) is 2.86. The molecule has 1 heterocycles. The summed E-state index contributed by atoms with van der Waals surface area (Å²) in [6, 6.07) is 7.58. The molecule has 0 saturated carbocycles. The molecule has 4 nitrogen and oxygen atoms in total. The molecule has 0 spiro atoms. The van der Waals surface area contributed by atoms with Crippen molar-refractivity contribution < 1.29 is 14.3 Å². The largest absolute Gasteiger partial charge is 0.444 e. The Morgan fingerprint density at radius 2 is 2.00 bits per heavy atom. The summed E-state index contributed by atoms with van der Waals surface area (Å²) in [5.41, 5.74) is 1.74. The average Bonchev–Trinajstić information content (AvgIpc) is 2.80. The Kier molecular flexibility index (Phi) is 4.35. The highest BCUT2D eigenvalue weighted by Crippen LogP contribution is 2.34. The zero-order chi connectivity index (χ0) is 15.6. The summed E-state index contributed by atoms with van der Waals surface area (Å²) in [6.45, 7) is 8.08. The third-order valence-corrected chi connectivity index (χ3v) is 3.81. The van der Waals surface area contributed by atoms with Gasteiger partial charge in [-0.15, -0.1) is 0 Å². The molecule has 1 fully saturated rings. The maximum Gasteiger partial charge on any atom is 0.410 e. The van der Waals surface area contributed by atoms with Crippen LogP contribution in [0.4, 0.5) is 4.79 Å². The average molecular weight is 289 g/mol. The molecule has 1 saturated heterocycles. The Bertz CT molecular complexity index is 533. The number of nitrogens with zero attached hydrogens (tertiary/aromatic N) is 1. The number of benzene rings is 1. The minimum absolute atomic E-state index is 0.0521. The van der Waals surface area contributed by atoms with Crippen molar-refractivity contribution in [1.29, 1.82) is 0 Å². The number of hydrogen-bond acceptors (Lipinski definition) is 3. The van der Waals surface area contributed by atoms with Crippen LogP contribution in [0.5, 0.6) is 0 Å². The molecule has 2 atom stereocenters. The number of amides is 1. The molecule has 0 unspecified atom stereocenters. The third kappa shape index (κ3) is 3.43. The highest BCUT2D eigenvalue weighted by atomic mass is 16.6. The predicted molar refractivity (Wildman–Crippen MR) is 81.3 cm³/mol. The first-order chi connectivity index (χ1) is 9.83. The standard InChI is InChI=1S/C17H23NO3/c1-12-7-5-6-8-13(12)14-9-10-18(15(14)11-19)16(20)21-17(2,3)4/h5-8,11,14-15H,9-10H2,1-4H3/t14-,15-/m0/s1. The second kappa shape index (κ2) is 5.88. The molecule has 0 aromatic heterocycles. The molecule has 0 radical (unpaired) electrons. The summed E-state index contributed by atoms with van der Waals surface area (Å²) in [5.74, 6) is 0.0521. The van der Waals surface area contributed by atoms with Crippen molar-refractivity contribution in [1.82, 2.24) is 4.90 Å². The Labute approximate surface area is 126 Å². The molecule has 1 aromatic carbocycles. The number of likely N-dealkylation sites (tertiary alicyclic amines) is 1. The van der Waals surface area contributed by atoms with Crippen molar-refractivity contribution in [2.75, 3.05) is 6.54 Å². The number of carbonyl (C=O) groups is 2. The summed E-state index contributed by atoms with van der Waals surface area (Å²) in [7, 11) is 0. The minimum Gasteiger partial charge on any atom is -0.444 e. The van der Waals surface area contributed by atoms with Crippen LogP contribution in [-0.4, -0.2) is 35.5 Å². The van der Waals surface area contributed by atoms with Crippen LogP contribution in [0.2, 0.25) is 0 Å². The Morgan fingerprint density at radius 3 is 2.57 bits per heavy atom. The molecule has 114 valence electrons. The zero-order valence-corrected chi connectivity index (χ0v) is 13.1. The van der Waals surface area contributed by atoms with E-state index in [1.54, 1.807) is 4.90 Å². The first kappa shape index (κ1) is 15.5. The summed E-state index contributed by atoms with van der Waals surface area (Å²) >= 11 is 0. The van der Waals surface area contributed by atoms with E-state index < -0.39 is 17.7 Å². The summed E-state index contributed by atoms with van der Waals surface area (Å²) in [6.07, 6.45) is 1.25. The lowest BCUT2D eigenvalue weighted by Gasteiger charge is -2.28. The fourth-order valence-corrected chi connectivity index (χ4v) is 2.86. The topological polar surface area (TPSA) is 46.6 Å². The molecular weight excluding hydrogens is 266 g/mol. The lowest BCUT2D eigenvalue weighted by atomic mass is 9.89. The van der Waals surface area contributed by atoms with Gasteiger partial charge in [0.15, 0.2) is 0 Å². The molecule has 4 heteroatoms. The first-order valence-electron chi connectivity index (χ1n) is 7.34. The van der Waals surface area contributed by atoms with Crippen molar-refractivity contribution in [3.63, 3.8) is 0 Å². The highest BCUT2D eigenvalue weighted by Gasteiger charge is 2.40. The van der Waals surface area contributed by atoms with Crippen LogP contribution in [-0.2, 0) is 9.53 Å². The van der Waals surface area contributed by atoms with Gasteiger partial charge in [-0.3, -0.25) is 4.90 Å². The van der Waals surface area contributed by atoms with Gasteiger partial charge in [0.1, 0.15) is 11.9 Å². The number of hydrogen-bond donors (Lipinski definition) is 0. The molecule has 1 aromatic rings. The van der Waals surface area contributed by atoms with Gasteiger partial charge in [0.2, 0.25) is 0 Å². The van der Waals surface area contributed by atoms with Crippen LogP contribution in [0.15, 0.2) is 24.3 Å². The van der Waals surface area contributed by atoms with Gasteiger partial charge in [-0.2, -0.15) is 0 Å². The number of carbonyl (C=O) groups excluding carboxylic acids is 2. The number of rotatable bonds is 2. The highest BCUT2D eigenvalue weighted by molar-refractivity contribution is 5.75. The van der Waals surface area contributed by atoms with Gasteiger partial charge in [0.05, 0.1) is 6.04 Å². The van der Waals surface area contributed by atoms with Gasteiger partial charge < -0.3 is 9.53 Å². The molecule has 21 heavy (non-hydrogen) atoms. The molecule has 0 aliphatic carbocycles. The summed E-state index contributed by atoms with van der Waals surface area (Å²) in [5, 5.41) is 0. The van der Waals surface area contributed by atoms with Crippen molar-refractivity contribution in [3.8, 4) is 0 Å². The summed E-state index contributed by atoms with van der Waals surface area (Å²) in [4.78, 5) is 25.3. The van der Waals surface area contributed by atoms with Crippen LogP contribution in [0.3, 0.4) is 0 Å². The lowest BCUT2D eigenvalue weighted by molar-refractivity contribution is -0.112. The molecule has 1 aliphatic heterocycles. The van der Waals surface area contributed by atoms with Gasteiger partial charge in [-0.25, -0.2) is 4.79 Å². The molecule has 1 amide bonds. The smallest absolute Gasteiger partial charge is 0.410 e. The molecular formula is C17H23NO3. The second-order valence-electron chi connectivity index (χ2n) is 6.55. The van der Waals surface area contributed by atoms with Crippen molar-refractivity contribution >= 4 is 12.4 Å². The van der Waals surface area contributed by atoms with E-state index in [4.69, 9.17) is 4.74 Å². The van der Waals surface area contributed by atoms with E-state index in [1.165, 1.54) is 0 Å². The monoisotopic (exact) mass is 289 g/mol. The van der Waals surface area contributed by atoms with Crippen LogP contribution < -0.4 is 0 Å². The van der Waals surface area contributed by atoms with Crippen molar-refractivity contribution in [2.24, 2.45) is 0 Å². The molecule has 0 N–H and O–H groups in total. The zero-order valence-electron chi connectivity index (χ0n) is 13.1. The molecule has 1 aliphatic rings. The van der Waals surface area contributed by atoms with Gasteiger partial charge in [0, 0.05) is 12.5 Å². The molecule has 2 rings (SSSR count).